The van der Waals surface area contributed by atoms with Crippen molar-refractivity contribution in [3.63, 3.8) is 0 Å². The van der Waals surface area contributed by atoms with Gasteiger partial charge in [-0.15, -0.1) is 0 Å². The van der Waals surface area contributed by atoms with Crippen LogP contribution in [-0.2, 0) is 32.7 Å². The number of likely N-dealkylation sites (N-methyl/N-ethyl adjacent to an activating group) is 1. The third-order valence-corrected chi connectivity index (χ3v) is 9.38. The first-order valence-corrected chi connectivity index (χ1v) is 22.8. The highest BCUT2D eigenvalue weighted by atomic mass is 31.2. The number of allylic oxidation sites excluding steroid dienone is 14. The van der Waals surface area contributed by atoms with Crippen LogP contribution in [0, 0.1) is 0 Å². The summed E-state index contributed by atoms with van der Waals surface area (Å²) >= 11 is 0. The molecule has 0 aliphatic heterocycles. The average molecular weight is 820 g/mol. The number of carbonyl (C=O) groups excluding carboxylic acids is 2. The molecule has 0 aromatic heterocycles. The molecule has 0 bridgehead atoms. The number of quaternary nitrogens is 1. The van der Waals surface area contributed by atoms with Crippen molar-refractivity contribution in [2.24, 2.45) is 0 Å². The zero-order chi connectivity index (χ0) is 42.3. The lowest BCUT2D eigenvalue weighted by atomic mass is 10.1. The highest BCUT2D eigenvalue weighted by Crippen LogP contribution is 2.38. The fraction of sp³-hybridized carbons (Fsp3) is 0.652. The minimum atomic E-state index is -4.66. The monoisotopic (exact) mass is 820 g/mol. The minimum Gasteiger partial charge on any atom is -0.756 e. The van der Waals surface area contributed by atoms with Crippen molar-refractivity contribution < 1.29 is 47.2 Å². The largest absolute Gasteiger partial charge is 0.756 e. The molecule has 0 amide bonds. The van der Waals surface area contributed by atoms with Gasteiger partial charge < -0.3 is 33.0 Å². The summed E-state index contributed by atoms with van der Waals surface area (Å²) in [6.45, 7) is 3.54. The van der Waals surface area contributed by atoms with Crippen LogP contribution in [0.15, 0.2) is 85.1 Å². The van der Waals surface area contributed by atoms with E-state index in [2.05, 4.69) is 85.9 Å². The molecule has 0 saturated heterocycles. The van der Waals surface area contributed by atoms with Crippen LogP contribution < -0.4 is 4.89 Å². The highest BCUT2D eigenvalue weighted by Gasteiger charge is 2.21. The van der Waals surface area contributed by atoms with Crippen LogP contribution in [-0.4, -0.2) is 81.2 Å². The fourth-order valence-corrected chi connectivity index (χ4v) is 5.82. The Balaban J connectivity index is 4.52. The number of phosphoric ester groups is 1. The standard InChI is InChI=1S/C46H78NO9P/c1-6-7-8-9-10-11-12-13-15-19-22-25-28-31-34-37-45(49)53-41-44(42-55-57(51,52)54-40-39-47(3,4)5)56-46(50)38-35-32-29-26-23-20-17-14-16-18-21-24-27-30-33-36-43(2)48/h7-8,10-11,13,15-18,20,24,26-27,29,43-44,48H,6,9,12,14,19,21-23,25,28,30-42H2,1-5H3/b8-7-,11-10-,15-13-,18-16-,20-17-,27-24-,29-26-/t43-,44+/m0/s1. The van der Waals surface area contributed by atoms with Crippen molar-refractivity contribution in [2.45, 2.75) is 148 Å². The molecule has 11 heteroatoms. The molecule has 0 aromatic carbocycles. The number of aliphatic hydroxyl groups excluding tert-OH is 1. The summed E-state index contributed by atoms with van der Waals surface area (Å²) in [5.41, 5.74) is 0. The molecule has 1 unspecified atom stereocenters. The molecule has 0 fully saturated rings. The first-order valence-electron chi connectivity index (χ1n) is 21.3. The Labute approximate surface area is 346 Å². The van der Waals surface area contributed by atoms with E-state index in [-0.39, 0.29) is 32.2 Å². The van der Waals surface area contributed by atoms with Crippen molar-refractivity contribution in [2.75, 3.05) is 47.5 Å². The van der Waals surface area contributed by atoms with Gasteiger partial charge in [-0.2, -0.15) is 0 Å². The molecule has 0 radical (unpaired) electrons. The third-order valence-electron chi connectivity index (χ3n) is 8.42. The van der Waals surface area contributed by atoms with Crippen LogP contribution in [0.4, 0.5) is 0 Å². The lowest BCUT2D eigenvalue weighted by Gasteiger charge is -2.28. The molecule has 0 aliphatic carbocycles. The van der Waals surface area contributed by atoms with E-state index in [0.29, 0.717) is 30.3 Å². The van der Waals surface area contributed by atoms with E-state index in [4.69, 9.17) is 18.5 Å². The summed E-state index contributed by atoms with van der Waals surface area (Å²) in [6, 6.07) is 0. The third kappa shape index (κ3) is 42.6. The molecular weight excluding hydrogens is 741 g/mol. The van der Waals surface area contributed by atoms with E-state index in [9.17, 15) is 24.2 Å². The van der Waals surface area contributed by atoms with E-state index in [0.717, 1.165) is 89.9 Å². The number of nitrogens with zero attached hydrogens (tertiary/aromatic N) is 1. The Morgan fingerprint density at radius 2 is 1.11 bits per heavy atom. The van der Waals surface area contributed by atoms with Gasteiger partial charge in [-0.3, -0.25) is 14.2 Å². The summed E-state index contributed by atoms with van der Waals surface area (Å²) in [5, 5.41) is 9.27. The molecule has 0 saturated carbocycles. The number of hydrogen-bond donors (Lipinski definition) is 1. The number of aliphatic hydroxyl groups is 1. The van der Waals surface area contributed by atoms with Crippen molar-refractivity contribution in [3.8, 4) is 0 Å². The number of ether oxygens (including phenoxy) is 2. The van der Waals surface area contributed by atoms with Crippen LogP contribution in [0.5, 0.6) is 0 Å². The molecule has 1 N–H and O–H groups in total. The lowest BCUT2D eigenvalue weighted by Crippen LogP contribution is -2.37. The van der Waals surface area contributed by atoms with Gasteiger partial charge in [-0.05, 0) is 96.8 Å². The molecule has 57 heavy (non-hydrogen) atoms. The number of carbonyl (C=O) groups is 2. The van der Waals surface area contributed by atoms with E-state index in [1.165, 1.54) is 0 Å². The zero-order valence-electron chi connectivity index (χ0n) is 36.1. The molecule has 0 heterocycles. The molecule has 0 spiro atoms. The predicted molar refractivity (Wildman–Crippen MR) is 232 cm³/mol. The molecular formula is C46H78NO9P. The van der Waals surface area contributed by atoms with E-state index in [1.54, 1.807) is 0 Å². The van der Waals surface area contributed by atoms with Gasteiger partial charge >= 0.3 is 11.9 Å². The second kappa shape index (κ2) is 37.4. The maximum absolute atomic E-state index is 12.6. The lowest BCUT2D eigenvalue weighted by molar-refractivity contribution is -0.870. The van der Waals surface area contributed by atoms with E-state index in [1.807, 2.05) is 34.1 Å². The fourth-order valence-electron chi connectivity index (χ4n) is 5.09. The van der Waals surface area contributed by atoms with Gasteiger partial charge in [-0.25, -0.2) is 0 Å². The van der Waals surface area contributed by atoms with E-state index < -0.39 is 32.5 Å². The Morgan fingerprint density at radius 3 is 1.65 bits per heavy atom. The molecule has 10 nitrogen and oxygen atoms in total. The summed E-state index contributed by atoms with van der Waals surface area (Å²) in [7, 11) is 1.08. The summed E-state index contributed by atoms with van der Waals surface area (Å²) < 4.78 is 33.7. The van der Waals surface area contributed by atoms with Crippen molar-refractivity contribution in [1.82, 2.24) is 0 Å². The van der Waals surface area contributed by atoms with Crippen molar-refractivity contribution in [1.29, 1.82) is 0 Å². The highest BCUT2D eigenvalue weighted by molar-refractivity contribution is 7.45. The van der Waals surface area contributed by atoms with Gasteiger partial charge in [-0.1, -0.05) is 111 Å². The van der Waals surface area contributed by atoms with Crippen molar-refractivity contribution >= 4 is 19.8 Å². The van der Waals surface area contributed by atoms with Crippen LogP contribution >= 0.6 is 7.82 Å². The van der Waals surface area contributed by atoms with E-state index >= 15 is 0 Å². The maximum Gasteiger partial charge on any atom is 0.306 e. The van der Waals surface area contributed by atoms with Gasteiger partial charge in [0.2, 0.25) is 0 Å². The number of rotatable bonds is 37. The second-order valence-electron chi connectivity index (χ2n) is 15.3. The van der Waals surface area contributed by atoms with Crippen LogP contribution in [0.1, 0.15) is 136 Å². The zero-order valence-corrected chi connectivity index (χ0v) is 37.0. The first-order chi connectivity index (χ1) is 27.3. The van der Waals surface area contributed by atoms with Crippen LogP contribution in [0.25, 0.3) is 0 Å². The summed E-state index contributed by atoms with van der Waals surface area (Å²) in [6.07, 6.45) is 44.6. The number of esters is 2. The van der Waals surface area contributed by atoms with Gasteiger partial charge in [0.1, 0.15) is 19.8 Å². The number of unbranched alkanes of at least 4 members (excludes halogenated alkanes) is 7. The SMILES string of the molecule is CC/C=C\C/C=C\C/C=C\CCCCCCCC(=O)OC[C@H](COP(=O)([O-])OCC[N+](C)(C)C)OC(=O)CCC/C=C\C/C=C\C/C=C\C/C=C\CCC[C@H](C)O. The van der Waals surface area contributed by atoms with Gasteiger partial charge in [0.05, 0.1) is 33.9 Å². The van der Waals surface area contributed by atoms with Gasteiger partial charge in [0.25, 0.3) is 7.82 Å². The predicted octanol–water partition coefficient (Wildman–Crippen LogP) is 10.4. The Kier molecular flexibility index (Phi) is 35.6. The first kappa shape index (κ1) is 54.2. The van der Waals surface area contributed by atoms with Crippen LogP contribution in [0.3, 0.4) is 0 Å². The summed E-state index contributed by atoms with van der Waals surface area (Å²) in [4.78, 5) is 37.5. The second-order valence-corrected chi connectivity index (χ2v) is 16.7. The molecule has 0 aromatic rings. The maximum atomic E-state index is 12.6. The molecule has 3 atom stereocenters. The van der Waals surface area contributed by atoms with Gasteiger partial charge in [0.15, 0.2) is 6.10 Å². The Bertz CT molecular complexity index is 1260. The van der Waals surface area contributed by atoms with Gasteiger partial charge in [0, 0.05) is 12.8 Å². The van der Waals surface area contributed by atoms with Crippen LogP contribution in [0.2, 0.25) is 0 Å². The molecule has 326 valence electrons. The van der Waals surface area contributed by atoms with Crippen molar-refractivity contribution in [3.05, 3.63) is 85.1 Å². The topological polar surface area (TPSA) is 131 Å². The Morgan fingerprint density at radius 1 is 0.632 bits per heavy atom. The molecule has 0 aliphatic rings. The normalized spacial score (nSPS) is 15.0. The summed E-state index contributed by atoms with van der Waals surface area (Å²) in [5.74, 6) is -0.947. The average Bonchev–Trinajstić information content (AvgIpc) is 3.14. The number of hydrogen-bond acceptors (Lipinski definition) is 9. The Hall–Kier alpha value is -2.85. The quantitative estimate of drug-likeness (QED) is 0.0214. The number of phosphoric acid groups is 1. The minimum absolute atomic E-state index is 0.0546. The molecule has 0 rings (SSSR count). The smallest absolute Gasteiger partial charge is 0.306 e.